The van der Waals surface area contributed by atoms with Gasteiger partial charge in [-0.3, -0.25) is 10.1 Å². The molecule has 0 fully saturated rings. The molecule has 0 spiro atoms. The second-order valence-corrected chi connectivity index (χ2v) is 5.13. The molecule has 0 aliphatic heterocycles. The van der Waals surface area contributed by atoms with Crippen LogP contribution in [0.15, 0.2) is 6.20 Å². The standard InChI is InChI=1S/C16H29N5O6/c1-5-24-13(25-6-2)10-17-15-12(21(22)23)9-18-16(20-15)19-11-14(26-7-3)27-8-4/h9,13-14H,5-8,10-11H2,1-4H3,(H2,17,18,19,20). The summed E-state index contributed by atoms with van der Waals surface area (Å²) in [7, 11) is 0. The number of anilines is 2. The minimum atomic E-state index is -0.550. The molecule has 1 rings (SSSR count). The van der Waals surface area contributed by atoms with E-state index >= 15 is 0 Å². The van der Waals surface area contributed by atoms with Crippen molar-refractivity contribution in [2.24, 2.45) is 0 Å². The van der Waals surface area contributed by atoms with Crippen molar-refractivity contribution in [3.8, 4) is 0 Å². The summed E-state index contributed by atoms with van der Waals surface area (Å²) in [5, 5.41) is 17.1. The Morgan fingerprint density at radius 3 is 1.89 bits per heavy atom. The Kier molecular flexibility index (Phi) is 11.2. The number of ether oxygens (including phenoxy) is 4. The summed E-state index contributed by atoms with van der Waals surface area (Å²) in [4.78, 5) is 18.8. The summed E-state index contributed by atoms with van der Waals surface area (Å²) in [5.74, 6) is 0.295. The van der Waals surface area contributed by atoms with Crippen molar-refractivity contribution in [2.45, 2.75) is 40.3 Å². The average Bonchev–Trinajstić information content (AvgIpc) is 2.64. The van der Waals surface area contributed by atoms with Crippen LogP contribution in [0.2, 0.25) is 0 Å². The van der Waals surface area contributed by atoms with E-state index in [4.69, 9.17) is 18.9 Å². The molecule has 0 radical (unpaired) electrons. The van der Waals surface area contributed by atoms with E-state index in [-0.39, 0.29) is 24.0 Å². The first-order chi connectivity index (χ1) is 13.0. The van der Waals surface area contributed by atoms with Gasteiger partial charge in [0.05, 0.1) is 18.0 Å². The second-order valence-electron chi connectivity index (χ2n) is 5.13. The fourth-order valence-corrected chi connectivity index (χ4v) is 2.15. The minimum absolute atomic E-state index is 0.0753. The van der Waals surface area contributed by atoms with Gasteiger partial charge in [0.2, 0.25) is 11.8 Å². The van der Waals surface area contributed by atoms with Crippen LogP contribution in [0.4, 0.5) is 17.5 Å². The molecule has 0 aromatic carbocycles. The monoisotopic (exact) mass is 387 g/mol. The number of nitrogens with one attached hydrogen (secondary N) is 2. The highest BCUT2D eigenvalue weighted by Gasteiger charge is 2.19. The van der Waals surface area contributed by atoms with Crippen LogP contribution in [0.5, 0.6) is 0 Å². The van der Waals surface area contributed by atoms with Crippen LogP contribution in [-0.2, 0) is 18.9 Å². The number of aromatic nitrogens is 2. The predicted molar refractivity (Wildman–Crippen MR) is 99.7 cm³/mol. The number of rotatable bonds is 15. The molecule has 0 atom stereocenters. The van der Waals surface area contributed by atoms with Crippen molar-refractivity contribution >= 4 is 17.5 Å². The molecule has 0 saturated heterocycles. The van der Waals surface area contributed by atoms with Crippen LogP contribution >= 0.6 is 0 Å². The summed E-state index contributed by atoms with van der Waals surface area (Å²) >= 11 is 0. The summed E-state index contributed by atoms with van der Waals surface area (Å²) in [6.07, 6.45) is 0.145. The third-order valence-electron chi connectivity index (χ3n) is 3.24. The maximum absolute atomic E-state index is 11.2. The lowest BCUT2D eigenvalue weighted by atomic mass is 10.4. The van der Waals surface area contributed by atoms with E-state index in [9.17, 15) is 10.1 Å². The first-order valence-corrected chi connectivity index (χ1v) is 9.01. The normalized spacial score (nSPS) is 11.2. The molecule has 27 heavy (non-hydrogen) atoms. The topological polar surface area (TPSA) is 130 Å². The van der Waals surface area contributed by atoms with Crippen LogP contribution in [0.25, 0.3) is 0 Å². The van der Waals surface area contributed by atoms with Crippen molar-refractivity contribution < 1.29 is 23.9 Å². The highest BCUT2D eigenvalue weighted by atomic mass is 16.7. The Balaban J connectivity index is 2.82. The summed E-state index contributed by atoms with van der Waals surface area (Å²) in [5.41, 5.74) is -0.238. The smallest absolute Gasteiger partial charge is 0.329 e. The molecule has 2 N–H and O–H groups in total. The minimum Gasteiger partial charge on any atom is -0.359 e. The molecule has 0 aliphatic rings. The Morgan fingerprint density at radius 2 is 1.44 bits per heavy atom. The number of hydrogen-bond acceptors (Lipinski definition) is 10. The van der Waals surface area contributed by atoms with Gasteiger partial charge in [-0.15, -0.1) is 0 Å². The van der Waals surface area contributed by atoms with Crippen molar-refractivity contribution in [2.75, 3.05) is 50.2 Å². The molecule has 1 aromatic rings. The Bertz CT molecular complexity index is 550. The molecule has 11 nitrogen and oxygen atoms in total. The van der Waals surface area contributed by atoms with Crippen molar-refractivity contribution in [3.63, 3.8) is 0 Å². The molecule has 154 valence electrons. The van der Waals surface area contributed by atoms with Gasteiger partial charge >= 0.3 is 5.69 Å². The van der Waals surface area contributed by atoms with Crippen molar-refractivity contribution in [3.05, 3.63) is 16.3 Å². The number of hydrogen-bond donors (Lipinski definition) is 2. The van der Waals surface area contributed by atoms with Crippen molar-refractivity contribution in [1.29, 1.82) is 0 Å². The van der Waals surface area contributed by atoms with E-state index in [2.05, 4.69) is 20.6 Å². The molecule has 0 amide bonds. The van der Waals surface area contributed by atoms with E-state index in [1.165, 1.54) is 0 Å². The van der Waals surface area contributed by atoms with Gasteiger partial charge in [-0.25, -0.2) is 4.98 Å². The van der Waals surface area contributed by atoms with Crippen LogP contribution in [0.3, 0.4) is 0 Å². The molecule has 11 heteroatoms. The quantitative estimate of drug-likeness (QED) is 0.262. The predicted octanol–water partition coefficient (Wildman–Crippen LogP) is 2.01. The van der Waals surface area contributed by atoms with E-state index < -0.39 is 17.5 Å². The zero-order valence-electron chi connectivity index (χ0n) is 16.3. The zero-order chi connectivity index (χ0) is 20.1. The van der Waals surface area contributed by atoms with Gasteiger partial charge < -0.3 is 29.6 Å². The van der Waals surface area contributed by atoms with Gasteiger partial charge in [0.15, 0.2) is 12.6 Å². The average molecular weight is 387 g/mol. The van der Waals surface area contributed by atoms with Crippen LogP contribution in [0.1, 0.15) is 27.7 Å². The molecule has 1 aromatic heterocycles. The lowest BCUT2D eigenvalue weighted by Crippen LogP contribution is -2.28. The van der Waals surface area contributed by atoms with Gasteiger partial charge in [-0.1, -0.05) is 0 Å². The molecular weight excluding hydrogens is 358 g/mol. The lowest BCUT2D eigenvalue weighted by molar-refractivity contribution is -0.384. The molecule has 0 aliphatic carbocycles. The number of nitro groups is 1. The van der Waals surface area contributed by atoms with E-state index in [1.807, 2.05) is 27.7 Å². The first-order valence-electron chi connectivity index (χ1n) is 9.01. The Morgan fingerprint density at radius 1 is 0.963 bits per heavy atom. The van der Waals surface area contributed by atoms with Crippen LogP contribution < -0.4 is 10.6 Å². The van der Waals surface area contributed by atoms with E-state index in [0.717, 1.165) is 6.20 Å². The van der Waals surface area contributed by atoms with E-state index in [0.29, 0.717) is 33.0 Å². The summed E-state index contributed by atoms with van der Waals surface area (Å²) in [6.45, 7) is 9.84. The fraction of sp³-hybridized carbons (Fsp3) is 0.750. The van der Waals surface area contributed by atoms with Gasteiger partial charge in [0, 0.05) is 26.4 Å². The fourth-order valence-electron chi connectivity index (χ4n) is 2.15. The largest absolute Gasteiger partial charge is 0.359 e. The molecular formula is C16H29N5O6. The third kappa shape index (κ3) is 8.43. The van der Waals surface area contributed by atoms with Gasteiger partial charge in [-0.2, -0.15) is 4.98 Å². The summed E-state index contributed by atoms with van der Waals surface area (Å²) in [6, 6.07) is 0. The van der Waals surface area contributed by atoms with E-state index in [1.54, 1.807) is 0 Å². The van der Waals surface area contributed by atoms with Crippen LogP contribution in [-0.4, -0.2) is 67.0 Å². The highest BCUT2D eigenvalue weighted by molar-refractivity contribution is 5.56. The molecule has 0 saturated carbocycles. The zero-order valence-corrected chi connectivity index (χ0v) is 16.3. The maximum atomic E-state index is 11.2. The summed E-state index contributed by atoms with van der Waals surface area (Å²) < 4.78 is 21.7. The second kappa shape index (κ2) is 13.1. The Hall–Kier alpha value is -2.08. The van der Waals surface area contributed by atoms with Gasteiger partial charge in [0.1, 0.15) is 6.20 Å². The van der Waals surface area contributed by atoms with Crippen LogP contribution in [0, 0.1) is 10.1 Å². The molecule has 1 heterocycles. The van der Waals surface area contributed by atoms with Gasteiger partial charge in [0.25, 0.3) is 0 Å². The third-order valence-corrected chi connectivity index (χ3v) is 3.24. The lowest BCUT2D eigenvalue weighted by Gasteiger charge is -2.19. The maximum Gasteiger partial charge on any atom is 0.329 e. The number of nitrogens with zero attached hydrogens (tertiary/aromatic N) is 3. The van der Waals surface area contributed by atoms with Gasteiger partial charge in [-0.05, 0) is 27.7 Å². The molecule has 0 bridgehead atoms. The first kappa shape index (κ1) is 23.0. The Labute approximate surface area is 158 Å². The molecule has 0 unspecified atom stereocenters. The highest BCUT2D eigenvalue weighted by Crippen LogP contribution is 2.22. The SMILES string of the molecule is CCOC(CNc1ncc([N+](=O)[O-])c(NCC(OCC)OCC)n1)OCC. The van der Waals surface area contributed by atoms with Crippen molar-refractivity contribution in [1.82, 2.24) is 9.97 Å².